The van der Waals surface area contributed by atoms with Crippen LogP contribution in [0.5, 0.6) is 0 Å². The average molecular weight is 533 g/mol. The Kier molecular flexibility index (Phi) is 5.85. The van der Waals surface area contributed by atoms with Crippen molar-refractivity contribution in [3.05, 3.63) is 90.3 Å². The van der Waals surface area contributed by atoms with Gasteiger partial charge in [0, 0.05) is 55.1 Å². The Morgan fingerprint density at radius 3 is 2.58 bits per heavy atom. The summed E-state index contributed by atoms with van der Waals surface area (Å²) < 4.78 is 3.25. The van der Waals surface area contributed by atoms with Gasteiger partial charge in [-0.1, -0.05) is 12.1 Å². The lowest BCUT2D eigenvalue weighted by Crippen LogP contribution is -2.68. The largest absolute Gasteiger partial charge is 0.363 e. The first-order valence-electron chi connectivity index (χ1n) is 13.3. The Labute approximate surface area is 230 Å². The number of likely N-dealkylation sites (tertiary alicyclic amines) is 1. The third-order valence-electron chi connectivity index (χ3n) is 7.55. The second-order valence-electron chi connectivity index (χ2n) is 10.2. The number of rotatable bonds is 7. The number of nitrogens with one attached hydrogen (secondary N) is 1. The monoisotopic (exact) mass is 532 g/mol. The molecule has 11 heteroatoms. The third kappa shape index (κ3) is 4.11. The van der Waals surface area contributed by atoms with E-state index in [0.717, 1.165) is 18.8 Å². The average Bonchev–Trinajstić information content (AvgIpc) is 3.25. The number of likely N-dealkylation sites (N-methyl/N-ethyl adjacent to an activating group) is 1. The number of anilines is 3. The van der Waals surface area contributed by atoms with Crippen LogP contribution in [0.3, 0.4) is 0 Å². The molecular formula is C29H28N10O. The molecule has 5 aromatic rings. The van der Waals surface area contributed by atoms with Gasteiger partial charge in [-0.3, -0.25) is 14.8 Å². The number of benzene rings is 1. The zero-order valence-corrected chi connectivity index (χ0v) is 22.1. The van der Waals surface area contributed by atoms with Crippen molar-refractivity contribution in [2.45, 2.75) is 25.0 Å². The van der Waals surface area contributed by atoms with Crippen LogP contribution in [-0.2, 0) is 6.54 Å². The van der Waals surface area contributed by atoms with E-state index >= 15 is 0 Å². The number of nitrogens with zero attached hydrogens (tertiary/aromatic N) is 9. The Morgan fingerprint density at radius 1 is 1.00 bits per heavy atom. The fraction of sp³-hybridized carbons (Fsp3) is 0.241. The van der Waals surface area contributed by atoms with E-state index in [1.165, 1.54) is 12.1 Å². The van der Waals surface area contributed by atoms with Crippen molar-refractivity contribution in [3.8, 4) is 17.2 Å². The maximum atomic E-state index is 13.3. The molecule has 0 saturated carbocycles. The second kappa shape index (κ2) is 9.69. The van der Waals surface area contributed by atoms with Gasteiger partial charge in [-0.15, -0.1) is 6.58 Å². The smallest absolute Gasteiger partial charge is 0.278 e. The normalized spacial score (nSPS) is 18.5. The number of piperidine rings is 1. The first-order chi connectivity index (χ1) is 19.6. The highest BCUT2D eigenvalue weighted by Crippen LogP contribution is 2.37. The molecule has 4 aromatic heterocycles. The first kappa shape index (κ1) is 24.2. The number of aromatic nitrogens is 7. The van der Waals surface area contributed by atoms with Gasteiger partial charge >= 0.3 is 0 Å². The van der Waals surface area contributed by atoms with Gasteiger partial charge in [-0.05, 0) is 49.9 Å². The summed E-state index contributed by atoms with van der Waals surface area (Å²) in [4.78, 5) is 40.7. The summed E-state index contributed by atoms with van der Waals surface area (Å²) in [6, 6.07) is 15.1. The Bertz CT molecular complexity index is 1750. The maximum Gasteiger partial charge on any atom is 0.278 e. The van der Waals surface area contributed by atoms with Crippen molar-refractivity contribution in [1.29, 1.82) is 0 Å². The van der Waals surface area contributed by atoms with Gasteiger partial charge in [0.15, 0.2) is 11.5 Å². The van der Waals surface area contributed by atoms with Crippen molar-refractivity contribution in [1.82, 2.24) is 39.2 Å². The minimum absolute atomic E-state index is 0.219. The molecule has 2 aliphatic rings. The molecule has 2 fully saturated rings. The SMILES string of the molecule is C=CCn1c(=O)c2cnc(Nc3ccc(N4C5CC4CN(C)C5)cc3)nc2n1-c1cccc(-c2cnccn2)n1. The van der Waals surface area contributed by atoms with Crippen LogP contribution in [0.25, 0.3) is 28.2 Å². The van der Waals surface area contributed by atoms with Crippen LogP contribution in [-0.4, -0.2) is 71.4 Å². The van der Waals surface area contributed by atoms with Crippen molar-refractivity contribution in [3.63, 3.8) is 0 Å². The Hall–Kier alpha value is -4.90. The number of allylic oxidation sites excluding steroid dienone is 1. The van der Waals surface area contributed by atoms with Gasteiger partial charge in [-0.2, -0.15) is 4.98 Å². The molecule has 2 bridgehead atoms. The molecule has 40 heavy (non-hydrogen) atoms. The van der Waals surface area contributed by atoms with Gasteiger partial charge in [0.05, 0.1) is 18.4 Å². The molecule has 1 aromatic carbocycles. The summed E-state index contributed by atoms with van der Waals surface area (Å²) in [5.41, 5.74) is 3.60. The fourth-order valence-electron chi connectivity index (χ4n) is 5.81. The number of piperazine rings is 1. The molecule has 2 aliphatic heterocycles. The van der Waals surface area contributed by atoms with Gasteiger partial charge in [-0.25, -0.2) is 19.3 Å². The molecule has 0 spiro atoms. The predicted octanol–water partition coefficient (Wildman–Crippen LogP) is 3.26. The van der Waals surface area contributed by atoms with Crippen molar-refractivity contribution >= 4 is 28.4 Å². The summed E-state index contributed by atoms with van der Waals surface area (Å²) >= 11 is 0. The summed E-state index contributed by atoms with van der Waals surface area (Å²) in [5, 5.41) is 3.69. The molecule has 11 nitrogen and oxygen atoms in total. The van der Waals surface area contributed by atoms with Gasteiger partial charge in [0.25, 0.3) is 5.56 Å². The van der Waals surface area contributed by atoms with Crippen LogP contribution < -0.4 is 15.8 Å². The van der Waals surface area contributed by atoms with Gasteiger partial charge in [0.1, 0.15) is 11.1 Å². The minimum atomic E-state index is -0.219. The van der Waals surface area contributed by atoms with E-state index in [9.17, 15) is 4.79 Å². The Morgan fingerprint density at radius 2 is 1.82 bits per heavy atom. The van der Waals surface area contributed by atoms with E-state index in [4.69, 9.17) is 9.97 Å². The lowest BCUT2D eigenvalue weighted by molar-refractivity contribution is 0.140. The number of hydrogen-bond acceptors (Lipinski definition) is 9. The molecular weight excluding hydrogens is 504 g/mol. The lowest BCUT2D eigenvalue weighted by atomic mass is 9.87. The molecule has 1 N–H and O–H groups in total. The van der Waals surface area contributed by atoms with Crippen LogP contribution in [0.1, 0.15) is 6.42 Å². The molecule has 0 amide bonds. The van der Waals surface area contributed by atoms with Crippen LogP contribution in [0.15, 0.2) is 84.7 Å². The highest BCUT2D eigenvalue weighted by atomic mass is 16.1. The van der Waals surface area contributed by atoms with Crippen molar-refractivity contribution in [2.75, 3.05) is 30.4 Å². The molecule has 200 valence electrons. The van der Waals surface area contributed by atoms with E-state index in [0.29, 0.717) is 46.3 Å². The third-order valence-corrected chi connectivity index (χ3v) is 7.55. The van der Waals surface area contributed by atoms with Crippen LogP contribution in [0.2, 0.25) is 0 Å². The second-order valence-corrected chi connectivity index (χ2v) is 10.2. The summed E-state index contributed by atoms with van der Waals surface area (Å²) in [6.45, 7) is 6.32. The zero-order valence-electron chi connectivity index (χ0n) is 22.1. The first-order valence-corrected chi connectivity index (χ1v) is 13.3. The molecule has 2 atom stereocenters. The van der Waals surface area contributed by atoms with E-state index in [1.807, 2.05) is 30.3 Å². The zero-order chi connectivity index (χ0) is 27.2. The van der Waals surface area contributed by atoms with E-state index in [2.05, 4.69) is 55.8 Å². The summed E-state index contributed by atoms with van der Waals surface area (Å²) in [6.07, 6.45) is 9.38. The number of hydrogen-bond donors (Lipinski definition) is 1. The van der Waals surface area contributed by atoms with Crippen LogP contribution >= 0.6 is 0 Å². The minimum Gasteiger partial charge on any atom is -0.363 e. The molecule has 2 unspecified atom stereocenters. The molecule has 7 rings (SSSR count). The van der Waals surface area contributed by atoms with E-state index < -0.39 is 0 Å². The summed E-state index contributed by atoms with van der Waals surface area (Å²) in [7, 11) is 2.19. The van der Waals surface area contributed by atoms with Gasteiger partial charge in [0.2, 0.25) is 5.95 Å². The Balaban J connectivity index is 1.23. The quantitative estimate of drug-likeness (QED) is 0.316. The predicted molar refractivity (Wildman–Crippen MR) is 154 cm³/mol. The standard InChI is InChI=1S/C29H28N10O/c1-3-13-37-28(40)23-15-32-29(33-19-7-9-20(10-8-19)38-21-14-22(38)18-36(2)17-21)35-27(23)39(37)26-6-4-5-24(34-26)25-16-30-11-12-31-25/h3-12,15-16,21-22H,1,13-14,17-18H2,2H3,(H,32,33,35). The van der Waals surface area contributed by atoms with E-state index in [1.54, 1.807) is 40.2 Å². The summed E-state index contributed by atoms with van der Waals surface area (Å²) in [5.74, 6) is 0.911. The highest BCUT2D eigenvalue weighted by Gasteiger charge is 2.43. The molecule has 0 radical (unpaired) electrons. The maximum absolute atomic E-state index is 13.3. The van der Waals surface area contributed by atoms with E-state index in [-0.39, 0.29) is 12.1 Å². The number of fused-ring (bicyclic) bond motifs is 3. The highest BCUT2D eigenvalue weighted by molar-refractivity contribution is 5.77. The lowest BCUT2D eigenvalue weighted by Gasteiger charge is -2.57. The van der Waals surface area contributed by atoms with Crippen molar-refractivity contribution < 1.29 is 0 Å². The number of pyridine rings is 1. The molecule has 0 aliphatic carbocycles. The van der Waals surface area contributed by atoms with Crippen LogP contribution in [0, 0.1) is 0 Å². The van der Waals surface area contributed by atoms with Gasteiger partial charge < -0.3 is 15.1 Å². The van der Waals surface area contributed by atoms with Crippen LogP contribution in [0.4, 0.5) is 17.3 Å². The molecule has 6 heterocycles. The topological polar surface area (TPSA) is 110 Å². The molecule has 2 saturated heterocycles. The fourth-order valence-corrected chi connectivity index (χ4v) is 5.81. The van der Waals surface area contributed by atoms with Crippen molar-refractivity contribution in [2.24, 2.45) is 0 Å².